The molecule has 1 saturated heterocycles. The number of halogens is 1. The van der Waals surface area contributed by atoms with Crippen LogP contribution in [-0.4, -0.2) is 19.8 Å². The predicted octanol–water partition coefficient (Wildman–Crippen LogP) is 3.15. The monoisotopic (exact) mass is 254 g/mol. The number of rotatable bonds is 4. The molecule has 4 heteroatoms. The van der Waals surface area contributed by atoms with Gasteiger partial charge in [0.2, 0.25) is 0 Å². The van der Waals surface area contributed by atoms with Gasteiger partial charge < -0.3 is 15.8 Å². The molecule has 3 nitrogen and oxygen atoms in total. The summed E-state index contributed by atoms with van der Waals surface area (Å²) in [6, 6.07) is 5.51. The van der Waals surface area contributed by atoms with Crippen LogP contribution in [0.2, 0.25) is 5.02 Å². The van der Waals surface area contributed by atoms with E-state index in [0.29, 0.717) is 5.02 Å². The minimum atomic E-state index is 0.716. The molecule has 17 heavy (non-hydrogen) atoms. The number of anilines is 2. The van der Waals surface area contributed by atoms with Gasteiger partial charge in [0.05, 0.1) is 11.4 Å². The van der Waals surface area contributed by atoms with Crippen molar-refractivity contribution in [2.24, 2.45) is 5.92 Å². The van der Waals surface area contributed by atoms with E-state index in [0.717, 1.165) is 43.5 Å². The lowest BCUT2D eigenvalue weighted by molar-refractivity contribution is 0.0649. The van der Waals surface area contributed by atoms with Crippen LogP contribution in [0.4, 0.5) is 11.4 Å². The van der Waals surface area contributed by atoms with Gasteiger partial charge in [0.1, 0.15) is 0 Å². The molecule has 0 radical (unpaired) electrons. The quantitative estimate of drug-likeness (QED) is 0.812. The molecule has 0 amide bonds. The summed E-state index contributed by atoms with van der Waals surface area (Å²) in [5, 5.41) is 4.07. The molecule has 0 aliphatic carbocycles. The number of nitrogens with two attached hydrogens (primary N) is 1. The summed E-state index contributed by atoms with van der Waals surface area (Å²) >= 11 is 5.93. The zero-order chi connectivity index (χ0) is 12.1. The standard InChI is InChI=1S/C13H19ClN2O/c14-11-1-2-12(15)13(9-11)16-6-3-10-4-7-17-8-5-10/h1-2,9-10,16H,3-8,15H2. The SMILES string of the molecule is Nc1ccc(Cl)cc1NCCC1CCOCC1. The van der Waals surface area contributed by atoms with Crippen LogP contribution in [0.1, 0.15) is 19.3 Å². The van der Waals surface area contributed by atoms with Gasteiger partial charge in [0.15, 0.2) is 0 Å². The summed E-state index contributed by atoms with van der Waals surface area (Å²) in [6.07, 6.45) is 3.51. The van der Waals surface area contributed by atoms with Crippen LogP contribution in [0.25, 0.3) is 0 Å². The van der Waals surface area contributed by atoms with Crippen molar-refractivity contribution in [1.82, 2.24) is 0 Å². The van der Waals surface area contributed by atoms with Crippen LogP contribution in [0, 0.1) is 5.92 Å². The largest absolute Gasteiger partial charge is 0.397 e. The Bertz CT molecular complexity index is 364. The van der Waals surface area contributed by atoms with Crippen molar-refractivity contribution < 1.29 is 4.74 Å². The fraction of sp³-hybridized carbons (Fsp3) is 0.538. The molecule has 3 N–H and O–H groups in total. The molecule has 0 saturated carbocycles. The Morgan fingerprint density at radius 1 is 1.35 bits per heavy atom. The molecule has 0 aromatic heterocycles. The van der Waals surface area contributed by atoms with Gasteiger partial charge in [-0.25, -0.2) is 0 Å². The molecule has 1 aliphatic rings. The first-order chi connectivity index (χ1) is 8.25. The molecule has 1 heterocycles. The fourth-order valence-corrected chi connectivity index (χ4v) is 2.30. The van der Waals surface area contributed by atoms with Crippen LogP contribution in [0.3, 0.4) is 0 Å². The molecular weight excluding hydrogens is 236 g/mol. The summed E-state index contributed by atoms with van der Waals surface area (Å²) in [5.41, 5.74) is 7.55. The highest BCUT2D eigenvalue weighted by Crippen LogP contribution is 2.24. The Hall–Kier alpha value is -0.930. The molecule has 2 rings (SSSR count). The van der Waals surface area contributed by atoms with Crippen molar-refractivity contribution in [1.29, 1.82) is 0 Å². The maximum Gasteiger partial charge on any atom is 0.0588 e. The lowest BCUT2D eigenvalue weighted by Gasteiger charge is -2.22. The maximum absolute atomic E-state index is 5.93. The first-order valence-electron chi connectivity index (χ1n) is 6.12. The first kappa shape index (κ1) is 12.5. The van der Waals surface area contributed by atoms with Crippen LogP contribution in [0.15, 0.2) is 18.2 Å². The molecule has 1 aromatic carbocycles. The van der Waals surface area contributed by atoms with E-state index in [4.69, 9.17) is 22.1 Å². The molecule has 1 fully saturated rings. The van der Waals surface area contributed by atoms with Gasteiger partial charge in [-0.05, 0) is 43.4 Å². The topological polar surface area (TPSA) is 47.3 Å². The second-order valence-electron chi connectivity index (χ2n) is 4.50. The molecular formula is C13H19ClN2O. The molecule has 0 spiro atoms. The van der Waals surface area contributed by atoms with E-state index in [1.165, 1.54) is 12.8 Å². The normalized spacial score (nSPS) is 17.0. The summed E-state index contributed by atoms with van der Waals surface area (Å²) in [7, 11) is 0. The second-order valence-corrected chi connectivity index (χ2v) is 4.94. The highest BCUT2D eigenvalue weighted by Gasteiger charge is 2.13. The van der Waals surface area contributed by atoms with Gasteiger partial charge in [0, 0.05) is 24.8 Å². The van der Waals surface area contributed by atoms with Gasteiger partial charge in [-0.15, -0.1) is 0 Å². The Labute approximate surface area is 107 Å². The fourth-order valence-electron chi connectivity index (χ4n) is 2.13. The third kappa shape index (κ3) is 3.79. The molecule has 94 valence electrons. The number of hydrogen-bond donors (Lipinski definition) is 2. The van der Waals surface area contributed by atoms with Gasteiger partial charge in [-0.1, -0.05) is 11.6 Å². The minimum Gasteiger partial charge on any atom is -0.397 e. The Morgan fingerprint density at radius 2 is 2.12 bits per heavy atom. The highest BCUT2D eigenvalue weighted by atomic mass is 35.5. The minimum absolute atomic E-state index is 0.716. The maximum atomic E-state index is 5.93. The summed E-state index contributed by atoms with van der Waals surface area (Å²) in [5.74, 6) is 0.775. The van der Waals surface area contributed by atoms with Gasteiger partial charge in [-0.2, -0.15) is 0 Å². The van der Waals surface area contributed by atoms with E-state index in [-0.39, 0.29) is 0 Å². The summed E-state index contributed by atoms with van der Waals surface area (Å²) < 4.78 is 5.34. The predicted molar refractivity (Wildman–Crippen MR) is 72.5 cm³/mol. The Kier molecular flexibility index (Phi) is 4.51. The van der Waals surface area contributed by atoms with Crippen molar-refractivity contribution in [3.8, 4) is 0 Å². The van der Waals surface area contributed by atoms with E-state index < -0.39 is 0 Å². The average molecular weight is 255 g/mol. The van der Waals surface area contributed by atoms with E-state index in [1.807, 2.05) is 12.1 Å². The number of ether oxygens (including phenoxy) is 1. The number of benzene rings is 1. The number of nitrogen functional groups attached to an aromatic ring is 1. The smallest absolute Gasteiger partial charge is 0.0588 e. The number of nitrogens with one attached hydrogen (secondary N) is 1. The third-order valence-electron chi connectivity index (χ3n) is 3.22. The van der Waals surface area contributed by atoms with Crippen molar-refractivity contribution in [2.75, 3.05) is 30.8 Å². The Morgan fingerprint density at radius 3 is 2.88 bits per heavy atom. The summed E-state index contributed by atoms with van der Waals surface area (Å²) in [4.78, 5) is 0. The van der Waals surface area contributed by atoms with Gasteiger partial charge in [-0.3, -0.25) is 0 Å². The number of hydrogen-bond acceptors (Lipinski definition) is 3. The van der Waals surface area contributed by atoms with Crippen LogP contribution < -0.4 is 11.1 Å². The van der Waals surface area contributed by atoms with Crippen LogP contribution in [0.5, 0.6) is 0 Å². The van der Waals surface area contributed by atoms with Crippen molar-refractivity contribution in [3.05, 3.63) is 23.2 Å². The van der Waals surface area contributed by atoms with Crippen LogP contribution >= 0.6 is 11.6 Å². The van der Waals surface area contributed by atoms with Crippen molar-refractivity contribution in [2.45, 2.75) is 19.3 Å². The van der Waals surface area contributed by atoms with Crippen LogP contribution in [-0.2, 0) is 4.74 Å². The second kappa shape index (κ2) is 6.12. The average Bonchev–Trinajstić information content (AvgIpc) is 2.35. The van der Waals surface area contributed by atoms with E-state index in [9.17, 15) is 0 Å². The lowest BCUT2D eigenvalue weighted by Crippen LogP contribution is -2.18. The zero-order valence-electron chi connectivity index (χ0n) is 9.92. The third-order valence-corrected chi connectivity index (χ3v) is 3.46. The van der Waals surface area contributed by atoms with E-state index in [1.54, 1.807) is 6.07 Å². The van der Waals surface area contributed by atoms with Crippen molar-refractivity contribution >= 4 is 23.0 Å². The lowest BCUT2D eigenvalue weighted by atomic mass is 9.97. The molecule has 0 atom stereocenters. The van der Waals surface area contributed by atoms with Gasteiger partial charge in [0.25, 0.3) is 0 Å². The highest BCUT2D eigenvalue weighted by molar-refractivity contribution is 6.31. The molecule has 1 aliphatic heterocycles. The van der Waals surface area contributed by atoms with E-state index >= 15 is 0 Å². The first-order valence-corrected chi connectivity index (χ1v) is 6.50. The molecule has 0 unspecified atom stereocenters. The molecule has 1 aromatic rings. The zero-order valence-corrected chi connectivity index (χ0v) is 10.7. The van der Waals surface area contributed by atoms with Crippen molar-refractivity contribution in [3.63, 3.8) is 0 Å². The van der Waals surface area contributed by atoms with E-state index in [2.05, 4.69) is 5.32 Å². The molecule has 0 bridgehead atoms. The Balaban J connectivity index is 1.79. The van der Waals surface area contributed by atoms with Gasteiger partial charge >= 0.3 is 0 Å². The summed E-state index contributed by atoms with van der Waals surface area (Å²) in [6.45, 7) is 2.75.